The van der Waals surface area contributed by atoms with Gasteiger partial charge in [-0.25, -0.2) is 9.82 Å². The van der Waals surface area contributed by atoms with Crippen LogP contribution in [0, 0.1) is 5.82 Å². The van der Waals surface area contributed by atoms with Crippen molar-refractivity contribution in [3.8, 4) is 0 Å². The molecule has 2 aromatic rings. The van der Waals surface area contributed by atoms with Gasteiger partial charge in [0.2, 0.25) is 5.91 Å². The Kier molecular flexibility index (Phi) is 4.90. The quantitative estimate of drug-likeness (QED) is 0.685. The second-order valence-corrected chi connectivity index (χ2v) is 6.10. The highest BCUT2D eigenvalue weighted by molar-refractivity contribution is 8.00. The first kappa shape index (κ1) is 16.2. The van der Waals surface area contributed by atoms with Crippen LogP contribution >= 0.6 is 11.8 Å². The zero-order valence-corrected chi connectivity index (χ0v) is 13.4. The van der Waals surface area contributed by atoms with Gasteiger partial charge in [0.1, 0.15) is 12.4 Å². The lowest BCUT2D eigenvalue weighted by Crippen LogP contribution is -2.42. The summed E-state index contributed by atoms with van der Waals surface area (Å²) in [7, 11) is 0. The minimum atomic E-state index is -0.400. The van der Waals surface area contributed by atoms with E-state index in [-0.39, 0.29) is 18.3 Å². The van der Waals surface area contributed by atoms with E-state index in [1.54, 1.807) is 12.1 Å². The maximum absolute atomic E-state index is 12.8. The molecule has 1 heterocycles. The highest BCUT2D eigenvalue weighted by atomic mass is 32.2. The number of hydrazone groups is 1. The lowest BCUT2D eigenvalue weighted by molar-refractivity contribution is -0.122. The molecule has 1 aliphatic rings. The number of nitrogens with one attached hydrogen (secondary N) is 1. The number of nitrogens with zero attached hydrogens (tertiary/aromatic N) is 2. The fourth-order valence-corrected chi connectivity index (χ4v) is 3.17. The molecule has 1 N–H and O–H groups in total. The van der Waals surface area contributed by atoms with Gasteiger partial charge in [-0.1, -0.05) is 24.3 Å². The van der Waals surface area contributed by atoms with Gasteiger partial charge in [-0.2, -0.15) is 5.10 Å². The first-order valence-electron chi connectivity index (χ1n) is 7.23. The van der Waals surface area contributed by atoms with Crippen molar-refractivity contribution in [3.05, 3.63) is 59.9 Å². The molecule has 2 amide bonds. The Labute approximate surface area is 142 Å². The van der Waals surface area contributed by atoms with Gasteiger partial charge >= 0.3 is 0 Å². The second-order valence-electron chi connectivity index (χ2n) is 5.08. The fraction of sp³-hybridized carbons (Fsp3) is 0.118. The van der Waals surface area contributed by atoms with Crippen LogP contribution in [0.5, 0.6) is 0 Å². The van der Waals surface area contributed by atoms with Gasteiger partial charge in [0, 0.05) is 4.90 Å². The molecule has 0 fully saturated rings. The molecule has 0 aliphatic carbocycles. The van der Waals surface area contributed by atoms with Crippen LogP contribution in [-0.4, -0.2) is 30.3 Å². The number of amides is 2. The Morgan fingerprint density at radius 2 is 2.00 bits per heavy atom. The molecule has 5 nitrogen and oxygen atoms in total. The molecule has 0 saturated carbocycles. The zero-order valence-electron chi connectivity index (χ0n) is 12.6. The van der Waals surface area contributed by atoms with E-state index in [2.05, 4.69) is 10.5 Å². The topological polar surface area (TPSA) is 61.8 Å². The van der Waals surface area contributed by atoms with E-state index in [9.17, 15) is 14.0 Å². The first-order valence-corrected chi connectivity index (χ1v) is 8.22. The Morgan fingerprint density at radius 3 is 2.79 bits per heavy atom. The molecule has 1 aliphatic heterocycles. The number of anilines is 1. The van der Waals surface area contributed by atoms with Crippen molar-refractivity contribution in [1.82, 2.24) is 5.43 Å². The summed E-state index contributed by atoms with van der Waals surface area (Å²) in [6, 6.07) is 13.2. The third kappa shape index (κ3) is 3.80. The van der Waals surface area contributed by atoms with Crippen LogP contribution < -0.4 is 10.3 Å². The van der Waals surface area contributed by atoms with Gasteiger partial charge in [-0.05, 0) is 29.8 Å². The number of benzene rings is 2. The van der Waals surface area contributed by atoms with Crippen molar-refractivity contribution in [1.29, 1.82) is 0 Å². The lowest BCUT2D eigenvalue weighted by Gasteiger charge is -2.27. The number of carbonyl (C=O) groups excluding carboxylic acids is 2. The van der Waals surface area contributed by atoms with Crippen LogP contribution in [0.25, 0.3) is 0 Å². The van der Waals surface area contributed by atoms with E-state index in [0.717, 1.165) is 10.6 Å². The van der Waals surface area contributed by atoms with Gasteiger partial charge in [0.05, 0.1) is 17.7 Å². The smallest absolute Gasteiger partial charge is 0.260 e. The molecule has 0 unspecified atom stereocenters. The molecule has 24 heavy (non-hydrogen) atoms. The number of para-hydroxylation sites is 1. The van der Waals surface area contributed by atoms with Crippen LogP contribution in [-0.2, 0) is 9.59 Å². The van der Waals surface area contributed by atoms with Gasteiger partial charge in [0.15, 0.2) is 0 Å². The van der Waals surface area contributed by atoms with Crippen molar-refractivity contribution >= 4 is 35.5 Å². The number of thioether (sulfide) groups is 1. The fourth-order valence-electron chi connectivity index (χ4n) is 2.23. The summed E-state index contributed by atoms with van der Waals surface area (Å²) in [6.45, 7) is -0.100. The summed E-state index contributed by atoms with van der Waals surface area (Å²) in [5, 5.41) is 3.83. The number of halogens is 1. The molecule has 0 spiro atoms. The van der Waals surface area contributed by atoms with Gasteiger partial charge < -0.3 is 4.90 Å². The molecular weight excluding hydrogens is 329 g/mol. The van der Waals surface area contributed by atoms with Crippen molar-refractivity contribution in [2.45, 2.75) is 4.90 Å². The molecule has 0 atom stereocenters. The average molecular weight is 343 g/mol. The van der Waals surface area contributed by atoms with Crippen LogP contribution in [0.4, 0.5) is 10.1 Å². The zero-order chi connectivity index (χ0) is 16.9. The summed E-state index contributed by atoms with van der Waals surface area (Å²) in [5.74, 6) is -0.542. The van der Waals surface area contributed by atoms with E-state index in [0.29, 0.717) is 11.3 Å². The number of hydrogen-bond donors (Lipinski definition) is 1. The van der Waals surface area contributed by atoms with Crippen molar-refractivity contribution in [3.63, 3.8) is 0 Å². The van der Waals surface area contributed by atoms with Crippen LogP contribution in [0.15, 0.2) is 58.5 Å². The highest BCUT2D eigenvalue weighted by Crippen LogP contribution is 2.34. The Hall–Kier alpha value is -2.67. The van der Waals surface area contributed by atoms with Crippen LogP contribution in [0.3, 0.4) is 0 Å². The molecule has 2 aromatic carbocycles. The predicted octanol–water partition coefficient (Wildman–Crippen LogP) is 2.41. The monoisotopic (exact) mass is 343 g/mol. The molecule has 0 radical (unpaired) electrons. The second kappa shape index (κ2) is 7.27. The van der Waals surface area contributed by atoms with E-state index in [4.69, 9.17) is 0 Å². The Bertz CT molecular complexity index is 793. The summed E-state index contributed by atoms with van der Waals surface area (Å²) in [6.07, 6.45) is 1.42. The number of fused-ring (bicyclic) bond motifs is 1. The number of carbonyl (C=O) groups is 2. The third-order valence-electron chi connectivity index (χ3n) is 3.38. The Balaban J connectivity index is 1.62. The molecule has 122 valence electrons. The average Bonchev–Trinajstić information content (AvgIpc) is 2.59. The van der Waals surface area contributed by atoms with E-state index < -0.39 is 5.91 Å². The Morgan fingerprint density at radius 1 is 1.25 bits per heavy atom. The normalized spacial score (nSPS) is 13.9. The molecular formula is C17H14FN3O2S. The predicted molar refractivity (Wildman–Crippen MR) is 91.7 cm³/mol. The van der Waals surface area contributed by atoms with Crippen LogP contribution in [0.1, 0.15) is 5.56 Å². The largest absolute Gasteiger partial charge is 0.301 e. The standard InChI is InChI=1S/C17H14FN3O2S/c18-13-7-5-12(6-8-13)9-19-20-16(22)10-21-14-3-1-2-4-15(14)24-11-17(21)23/h1-9H,10-11H2,(H,20,22)/b19-9+. The van der Waals surface area contributed by atoms with Gasteiger partial charge in [-0.15, -0.1) is 11.8 Å². The van der Waals surface area contributed by atoms with Crippen LogP contribution in [0.2, 0.25) is 0 Å². The van der Waals surface area contributed by atoms with E-state index >= 15 is 0 Å². The summed E-state index contributed by atoms with van der Waals surface area (Å²) in [5.41, 5.74) is 3.77. The summed E-state index contributed by atoms with van der Waals surface area (Å²) >= 11 is 1.46. The minimum absolute atomic E-state index is 0.100. The third-order valence-corrected chi connectivity index (χ3v) is 4.43. The van der Waals surface area contributed by atoms with Crippen molar-refractivity contribution < 1.29 is 14.0 Å². The van der Waals surface area contributed by atoms with Crippen molar-refractivity contribution in [2.24, 2.45) is 5.10 Å². The maximum Gasteiger partial charge on any atom is 0.260 e. The molecule has 0 bridgehead atoms. The summed E-state index contributed by atoms with van der Waals surface area (Å²) in [4.78, 5) is 26.5. The lowest BCUT2D eigenvalue weighted by atomic mass is 10.2. The SMILES string of the molecule is O=C(CN1C(=O)CSc2ccccc21)N/N=C/c1ccc(F)cc1. The van der Waals surface area contributed by atoms with Gasteiger partial charge in [0.25, 0.3) is 5.91 Å². The minimum Gasteiger partial charge on any atom is -0.301 e. The first-order chi connectivity index (χ1) is 11.6. The molecule has 0 aromatic heterocycles. The maximum atomic E-state index is 12.8. The molecule has 3 rings (SSSR count). The van der Waals surface area contributed by atoms with Gasteiger partial charge in [-0.3, -0.25) is 9.59 Å². The molecule has 0 saturated heterocycles. The highest BCUT2D eigenvalue weighted by Gasteiger charge is 2.25. The van der Waals surface area contributed by atoms with E-state index in [1.807, 2.05) is 24.3 Å². The summed E-state index contributed by atoms with van der Waals surface area (Å²) < 4.78 is 12.8. The number of hydrogen-bond acceptors (Lipinski definition) is 4. The van der Waals surface area contributed by atoms with E-state index in [1.165, 1.54) is 35.0 Å². The van der Waals surface area contributed by atoms with Crippen molar-refractivity contribution in [2.75, 3.05) is 17.2 Å². The molecule has 7 heteroatoms. The number of rotatable bonds is 4.